The molecule has 3 aliphatic carbocycles. The molecule has 2 aromatic rings. The molecular formula is C38H46O10. The second-order valence-electron chi connectivity index (χ2n) is 15.4. The number of ketones is 1. The summed E-state index contributed by atoms with van der Waals surface area (Å²) in [4.78, 5) is 27.7. The predicted molar refractivity (Wildman–Crippen MR) is 170 cm³/mol. The summed E-state index contributed by atoms with van der Waals surface area (Å²) in [7, 11) is 0. The number of aryl methyl sites for hydroxylation is 1. The fraction of sp³-hybridized carbons (Fsp3) is 0.632. The van der Waals surface area contributed by atoms with E-state index in [0.29, 0.717) is 12.0 Å². The summed E-state index contributed by atoms with van der Waals surface area (Å²) < 4.78 is 34.0. The van der Waals surface area contributed by atoms with Crippen molar-refractivity contribution in [3.8, 4) is 0 Å². The minimum absolute atomic E-state index is 0.206. The van der Waals surface area contributed by atoms with E-state index < -0.39 is 88.9 Å². The zero-order valence-corrected chi connectivity index (χ0v) is 27.9. The van der Waals surface area contributed by atoms with Gasteiger partial charge in [0.05, 0.1) is 12.2 Å². The number of ether oxygens (including phenoxy) is 5. The SMILES string of the molecule is CC1C[C@@H]2[C@@](O)(C1=O)[C@H](O)[C@@]1(CO)O[C@H]1[C@H]1[C@H]3O[C@]4(c5ccccc5)O[C@@]3(C(C)C)C(OC(=O)CCCCc3ccccc3)[C@@H](C)[C@@]12O4. The second-order valence-corrected chi connectivity index (χ2v) is 15.4. The van der Waals surface area contributed by atoms with Gasteiger partial charge in [-0.05, 0) is 37.2 Å². The van der Waals surface area contributed by atoms with Gasteiger partial charge in [-0.15, -0.1) is 0 Å². The van der Waals surface area contributed by atoms with E-state index in [0.717, 1.165) is 12.8 Å². The summed E-state index contributed by atoms with van der Waals surface area (Å²) in [5.41, 5.74) is -4.73. The lowest BCUT2D eigenvalue weighted by atomic mass is 9.52. The number of Topliss-reactive ketones (excluding diaryl/α,β-unsaturated/α-hetero) is 1. The largest absolute Gasteiger partial charge is 0.459 e. The van der Waals surface area contributed by atoms with Crippen molar-refractivity contribution >= 4 is 11.8 Å². The van der Waals surface area contributed by atoms with Crippen LogP contribution in [0.5, 0.6) is 0 Å². The number of fused-ring (bicyclic) bond motifs is 3. The Kier molecular flexibility index (Phi) is 7.38. The van der Waals surface area contributed by atoms with Gasteiger partial charge in [-0.2, -0.15) is 0 Å². The fourth-order valence-corrected chi connectivity index (χ4v) is 10.5. The van der Waals surface area contributed by atoms with Crippen molar-refractivity contribution in [2.75, 3.05) is 6.61 Å². The topological polar surface area (TPSA) is 144 Å². The Morgan fingerprint density at radius 1 is 0.979 bits per heavy atom. The maximum atomic E-state index is 14.0. The van der Waals surface area contributed by atoms with Crippen LogP contribution < -0.4 is 0 Å². The molecule has 0 aromatic heterocycles. The van der Waals surface area contributed by atoms with E-state index in [1.165, 1.54) is 5.56 Å². The van der Waals surface area contributed by atoms with Gasteiger partial charge in [-0.1, -0.05) is 88.4 Å². The number of carbonyl (C=O) groups excluding carboxylic acids is 2. The van der Waals surface area contributed by atoms with Gasteiger partial charge >= 0.3 is 11.9 Å². The van der Waals surface area contributed by atoms with Crippen LogP contribution >= 0.6 is 0 Å². The highest BCUT2D eigenvalue weighted by atomic mass is 16.9. The molecule has 2 aromatic carbocycles. The molecule has 0 radical (unpaired) electrons. The third-order valence-corrected chi connectivity index (χ3v) is 12.8. The van der Waals surface area contributed by atoms with Crippen LogP contribution in [0.2, 0.25) is 0 Å². The zero-order valence-electron chi connectivity index (χ0n) is 27.9. The molecule has 13 atom stereocenters. The molecular weight excluding hydrogens is 616 g/mol. The van der Waals surface area contributed by atoms with E-state index in [9.17, 15) is 24.9 Å². The molecule has 6 aliphatic rings. The molecule has 2 unspecified atom stereocenters. The first-order valence-corrected chi connectivity index (χ1v) is 17.5. The van der Waals surface area contributed by atoms with E-state index in [1.54, 1.807) is 6.92 Å². The molecule has 258 valence electrons. The first kappa shape index (κ1) is 32.5. The standard InChI is InChI=1S/C38H46O10/c1-21(2)36-30(44-27(40)18-12-11-15-24-13-7-5-8-14-24)23(4)37-26-19-22(3)29(41)35(26,43)33(42)34(20-39)31(45-34)28(37)32(36)46-38(47-36,48-37)25-16-9-6-10-17-25/h5-10,13-14,16-17,21-23,26,28,30-33,39,42-43H,11-12,15,18-20H2,1-4H3/t22?,23-,26-,28+,30?,31+,32-,33-,34+,35-,36+,37+,38-/m1/s1. The smallest absolute Gasteiger partial charge is 0.313 e. The number of hydrogen-bond acceptors (Lipinski definition) is 10. The molecule has 3 bridgehead atoms. The van der Waals surface area contributed by atoms with Gasteiger partial charge in [0.25, 0.3) is 0 Å². The lowest BCUT2D eigenvalue weighted by molar-refractivity contribution is -0.443. The monoisotopic (exact) mass is 662 g/mol. The van der Waals surface area contributed by atoms with Crippen LogP contribution in [0.1, 0.15) is 64.5 Å². The molecule has 0 amide bonds. The van der Waals surface area contributed by atoms with Gasteiger partial charge in [-0.25, -0.2) is 0 Å². The van der Waals surface area contributed by atoms with Crippen LogP contribution in [-0.4, -0.2) is 80.5 Å². The lowest BCUT2D eigenvalue weighted by Crippen LogP contribution is -2.77. The maximum Gasteiger partial charge on any atom is 0.313 e. The van der Waals surface area contributed by atoms with Crippen molar-refractivity contribution in [1.29, 1.82) is 0 Å². The quantitative estimate of drug-likeness (QED) is 0.208. The van der Waals surface area contributed by atoms with E-state index in [2.05, 4.69) is 12.1 Å². The molecule has 3 N–H and O–H groups in total. The average molecular weight is 663 g/mol. The number of aliphatic hydroxyl groups excluding tert-OH is 2. The van der Waals surface area contributed by atoms with Crippen molar-refractivity contribution in [2.45, 2.75) is 113 Å². The summed E-state index contributed by atoms with van der Waals surface area (Å²) in [6.07, 6.45) is -1.47. The summed E-state index contributed by atoms with van der Waals surface area (Å²) >= 11 is 0. The molecule has 3 heterocycles. The molecule has 3 aliphatic heterocycles. The average Bonchev–Trinajstić information content (AvgIpc) is 3.71. The Labute approximate surface area is 280 Å². The van der Waals surface area contributed by atoms with Crippen molar-refractivity contribution in [1.82, 2.24) is 0 Å². The zero-order chi connectivity index (χ0) is 33.9. The molecule has 0 spiro atoms. The number of unbranched alkanes of at least 4 members (excludes halogenated alkanes) is 1. The van der Waals surface area contributed by atoms with Crippen LogP contribution in [0.4, 0.5) is 0 Å². The predicted octanol–water partition coefficient (Wildman–Crippen LogP) is 3.43. The van der Waals surface area contributed by atoms with Crippen molar-refractivity contribution in [2.24, 2.45) is 29.6 Å². The normalized spacial score (nSPS) is 46.5. The Morgan fingerprint density at radius 3 is 2.33 bits per heavy atom. The molecule has 48 heavy (non-hydrogen) atoms. The number of carbonyl (C=O) groups is 2. The highest BCUT2D eigenvalue weighted by molar-refractivity contribution is 5.93. The molecule has 10 heteroatoms. The Balaban J connectivity index is 1.23. The summed E-state index contributed by atoms with van der Waals surface area (Å²) in [5, 5.41) is 35.1. The minimum Gasteiger partial charge on any atom is -0.459 e. The van der Waals surface area contributed by atoms with Crippen molar-refractivity contribution in [3.63, 3.8) is 0 Å². The fourth-order valence-electron chi connectivity index (χ4n) is 10.5. The number of esters is 1. The number of hydrogen-bond donors (Lipinski definition) is 3. The van der Waals surface area contributed by atoms with Crippen LogP contribution in [0.25, 0.3) is 0 Å². The number of epoxide rings is 1. The minimum atomic E-state index is -2.29. The highest BCUT2D eigenvalue weighted by Crippen LogP contribution is 2.74. The first-order chi connectivity index (χ1) is 22.9. The van der Waals surface area contributed by atoms with Gasteiger partial charge in [0.15, 0.2) is 11.4 Å². The maximum absolute atomic E-state index is 14.0. The first-order valence-electron chi connectivity index (χ1n) is 17.5. The summed E-state index contributed by atoms with van der Waals surface area (Å²) in [6, 6.07) is 19.4. The van der Waals surface area contributed by atoms with Gasteiger partial charge in [0.2, 0.25) is 0 Å². The van der Waals surface area contributed by atoms with E-state index >= 15 is 0 Å². The van der Waals surface area contributed by atoms with E-state index in [4.69, 9.17) is 23.7 Å². The highest BCUT2D eigenvalue weighted by Gasteiger charge is 2.91. The Bertz CT molecular complexity index is 1580. The van der Waals surface area contributed by atoms with Crippen molar-refractivity contribution in [3.05, 3.63) is 71.8 Å². The number of aliphatic hydroxyl groups is 3. The van der Waals surface area contributed by atoms with Crippen LogP contribution in [0, 0.1) is 29.6 Å². The van der Waals surface area contributed by atoms with Gasteiger partial charge in [0.1, 0.15) is 35.6 Å². The van der Waals surface area contributed by atoms with Crippen molar-refractivity contribution < 1.29 is 48.6 Å². The molecule has 3 saturated heterocycles. The Morgan fingerprint density at radius 2 is 1.67 bits per heavy atom. The molecule has 6 fully saturated rings. The number of benzene rings is 2. The van der Waals surface area contributed by atoms with Gasteiger partial charge in [-0.3, -0.25) is 9.59 Å². The third kappa shape index (κ3) is 3.99. The molecule has 3 saturated carbocycles. The van der Waals surface area contributed by atoms with Crippen LogP contribution in [-0.2, 0) is 45.7 Å². The van der Waals surface area contributed by atoms with E-state index in [-0.39, 0.29) is 24.7 Å². The summed E-state index contributed by atoms with van der Waals surface area (Å²) in [5.74, 6) is -5.75. The summed E-state index contributed by atoms with van der Waals surface area (Å²) in [6.45, 7) is 7.06. The molecule has 10 nitrogen and oxygen atoms in total. The van der Waals surface area contributed by atoms with Gasteiger partial charge < -0.3 is 39.0 Å². The Hall–Kier alpha value is -2.70. The van der Waals surface area contributed by atoms with Crippen LogP contribution in [0.15, 0.2) is 60.7 Å². The lowest BCUT2D eigenvalue weighted by Gasteiger charge is -2.62. The second kappa shape index (κ2) is 10.9. The molecule has 8 rings (SSSR count). The number of rotatable bonds is 9. The van der Waals surface area contributed by atoms with Crippen LogP contribution in [0.3, 0.4) is 0 Å². The third-order valence-electron chi connectivity index (χ3n) is 12.8. The van der Waals surface area contributed by atoms with E-state index in [1.807, 2.05) is 69.3 Å². The van der Waals surface area contributed by atoms with Gasteiger partial charge in [0, 0.05) is 35.7 Å².